The van der Waals surface area contributed by atoms with E-state index in [1.54, 1.807) is 5.37 Å². The van der Waals surface area contributed by atoms with Gasteiger partial charge in [0.15, 0.2) is 0 Å². The van der Waals surface area contributed by atoms with Crippen molar-refractivity contribution in [3.05, 3.63) is 35.4 Å². The molecule has 1 aromatic rings. The molecule has 2 N–H and O–H groups in total. The number of hydrogen-bond donors (Lipinski definition) is 1. The summed E-state index contributed by atoms with van der Waals surface area (Å²) in [5.41, 5.74) is 8.00. The maximum atomic E-state index is 5.68. The van der Waals surface area contributed by atoms with Gasteiger partial charge < -0.3 is 5.73 Å². The second-order valence-corrected chi connectivity index (χ2v) is 2.84. The molecule has 0 saturated heterocycles. The molecule has 1 atom stereocenters. The molecule has 0 heterocycles. The van der Waals surface area contributed by atoms with Gasteiger partial charge >= 0.3 is 0 Å². The Morgan fingerprint density at radius 3 is 2.36 bits per heavy atom. The number of thiocarbonyl (C=S) groups is 1. The molecule has 58 valence electrons. The molecule has 0 aliphatic rings. The molecule has 0 bridgehead atoms. The van der Waals surface area contributed by atoms with Gasteiger partial charge in [-0.1, -0.05) is 42.0 Å². The van der Waals surface area contributed by atoms with Crippen molar-refractivity contribution in [3.63, 3.8) is 0 Å². The molecule has 0 aliphatic heterocycles. The van der Waals surface area contributed by atoms with E-state index in [1.165, 1.54) is 5.56 Å². The van der Waals surface area contributed by atoms with Crippen LogP contribution in [0, 0.1) is 6.92 Å². The SMILES string of the molecule is Cc1ccc(C(N)C=S)cc1. The van der Waals surface area contributed by atoms with Gasteiger partial charge in [0, 0.05) is 5.37 Å². The van der Waals surface area contributed by atoms with Crippen molar-refractivity contribution in [2.24, 2.45) is 5.73 Å². The van der Waals surface area contributed by atoms with Crippen molar-refractivity contribution in [2.75, 3.05) is 0 Å². The molecule has 0 saturated carbocycles. The average Bonchev–Trinajstić information content (AvgIpc) is 2.05. The quantitative estimate of drug-likeness (QED) is 0.678. The molecule has 2 heteroatoms. The largest absolute Gasteiger partial charge is 0.320 e. The van der Waals surface area contributed by atoms with E-state index in [9.17, 15) is 0 Å². The van der Waals surface area contributed by atoms with Crippen molar-refractivity contribution in [3.8, 4) is 0 Å². The molecule has 0 fully saturated rings. The van der Waals surface area contributed by atoms with E-state index in [0.29, 0.717) is 0 Å². The summed E-state index contributed by atoms with van der Waals surface area (Å²) in [7, 11) is 0. The Labute approximate surface area is 72.2 Å². The molecule has 1 unspecified atom stereocenters. The van der Waals surface area contributed by atoms with Gasteiger partial charge in [0.2, 0.25) is 0 Å². The van der Waals surface area contributed by atoms with Gasteiger partial charge in [-0.05, 0) is 12.5 Å². The average molecular weight is 165 g/mol. The highest BCUT2D eigenvalue weighted by Crippen LogP contribution is 2.09. The van der Waals surface area contributed by atoms with Crippen LogP contribution in [0.2, 0.25) is 0 Å². The Balaban J connectivity index is 2.89. The van der Waals surface area contributed by atoms with Crippen LogP contribution in [0.1, 0.15) is 17.2 Å². The Morgan fingerprint density at radius 1 is 1.36 bits per heavy atom. The summed E-state index contributed by atoms with van der Waals surface area (Å²) in [4.78, 5) is 0. The van der Waals surface area contributed by atoms with E-state index in [-0.39, 0.29) is 6.04 Å². The molecule has 0 amide bonds. The molecule has 1 aromatic carbocycles. The highest BCUT2D eigenvalue weighted by atomic mass is 32.1. The second-order valence-electron chi connectivity index (χ2n) is 2.57. The summed E-state index contributed by atoms with van der Waals surface area (Å²) < 4.78 is 0. The van der Waals surface area contributed by atoms with Gasteiger partial charge in [-0.2, -0.15) is 0 Å². The van der Waals surface area contributed by atoms with Crippen LogP contribution in [0.5, 0.6) is 0 Å². The molecule has 11 heavy (non-hydrogen) atoms. The van der Waals surface area contributed by atoms with Crippen molar-refractivity contribution in [1.29, 1.82) is 0 Å². The summed E-state index contributed by atoms with van der Waals surface area (Å²) in [6, 6.07) is 7.97. The Hall–Kier alpha value is -0.730. The first-order valence-corrected chi connectivity index (χ1v) is 3.98. The van der Waals surface area contributed by atoms with E-state index < -0.39 is 0 Å². The Kier molecular flexibility index (Phi) is 2.74. The Morgan fingerprint density at radius 2 is 1.91 bits per heavy atom. The molecule has 0 aromatic heterocycles. The minimum atomic E-state index is -0.106. The smallest absolute Gasteiger partial charge is 0.0585 e. The lowest BCUT2D eigenvalue weighted by atomic mass is 10.1. The van der Waals surface area contributed by atoms with Crippen LogP contribution in [0.4, 0.5) is 0 Å². The van der Waals surface area contributed by atoms with Gasteiger partial charge in [0.05, 0.1) is 6.04 Å². The van der Waals surface area contributed by atoms with Gasteiger partial charge in [-0.3, -0.25) is 0 Å². The second kappa shape index (κ2) is 3.60. The standard InChI is InChI=1S/C9H11NS/c1-7-2-4-8(5-3-7)9(10)6-11/h2-6,9H,10H2,1H3. The first-order valence-electron chi connectivity index (χ1n) is 3.51. The summed E-state index contributed by atoms with van der Waals surface area (Å²) in [6.45, 7) is 2.05. The molecular weight excluding hydrogens is 154 g/mol. The van der Waals surface area contributed by atoms with Crippen molar-refractivity contribution >= 4 is 17.6 Å². The molecular formula is C9H11NS. The third-order valence-corrected chi connectivity index (χ3v) is 1.90. The Bertz CT molecular complexity index is 240. The fourth-order valence-corrected chi connectivity index (χ4v) is 1.02. The van der Waals surface area contributed by atoms with E-state index in [2.05, 4.69) is 0 Å². The summed E-state index contributed by atoms with van der Waals surface area (Å²) in [6.07, 6.45) is 0. The highest BCUT2D eigenvalue weighted by Gasteiger charge is 1.99. The molecule has 0 spiro atoms. The van der Waals surface area contributed by atoms with Crippen LogP contribution in [0.3, 0.4) is 0 Å². The number of rotatable bonds is 2. The third-order valence-electron chi connectivity index (χ3n) is 1.61. The minimum Gasteiger partial charge on any atom is -0.320 e. The first kappa shape index (κ1) is 8.37. The van der Waals surface area contributed by atoms with Gasteiger partial charge in [-0.15, -0.1) is 0 Å². The normalized spacial score (nSPS) is 12.5. The van der Waals surface area contributed by atoms with Crippen LogP contribution >= 0.6 is 12.2 Å². The zero-order chi connectivity index (χ0) is 8.27. The molecule has 1 rings (SSSR count). The van der Waals surface area contributed by atoms with Crippen molar-refractivity contribution in [2.45, 2.75) is 13.0 Å². The predicted molar refractivity (Wildman–Crippen MR) is 51.8 cm³/mol. The number of nitrogens with two attached hydrogens (primary N) is 1. The maximum absolute atomic E-state index is 5.68. The van der Waals surface area contributed by atoms with E-state index in [4.69, 9.17) is 18.0 Å². The summed E-state index contributed by atoms with van der Waals surface area (Å²) >= 11 is 4.74. The zero-order valence-electron chi connectivity index (χ0n) is 6.45. The van der Waals surface area contributed by atoms with Gasteiger partial charge in [-0.25, -0.2) is 0 Å². The maximum Gasteiger partial charge on any atom is 0.0585 e. The van der Waals surface area contributed by atoms with Crippen molar-refractivity contribution in [1.82, 2.24) is 0 Å². The summed E-state index contributed by atoms with van der Waals surface area (Å²) in [5, 5.41) is 1.57. The lowest BCUT2D eigenvalue weighted by Crippen LogP contribution is -2.09. The minimum absolute atomic E-state index is 0.106. The molecule has 0 radical (unpaired) electrons. The lowest BCUT2D eigenvalue weighted by molar-refractivity contribution is 0.994. The van der Waals surface area contributed by atoms with Crippen LogP contribution in [-0.4, -0.2) is 5.37 Å². The molecule has 0 aliphatic carbocycles. The first-order chi connectivity index (χ1) is 5.24. The molecule has 1 nitrogen and oxygen atoms in total. The monoisotopic (exact) mass is 165 g/mol. The number of benzene rings is 1. The predicted octanol–water partition coefficient (Wildman–Crippen LogP) is 1.99. The van der Waals surface area contributed by atoms with Gasteiger partial charge in [0.25, 0.3) is 0 Å². The number of hydrogen-bond acceptors (Lipinski definition) is 2. The van der Waals surface area contributed by atoms with Crippen LogP contribution in [-0.2, 0) is 0 Å². The van der Waals surface area contributed by atoms with Crippen LogP contribution in [0.15, 0.2) is 24.3 Å². The van der Waals surface area contributed by atoms with E-state index in [1.807, 2.05) is 31.2 Å². The van der Waals surface area contributed by atoms with E-state index in [0.717, 1.165) is 5.56 Å². The fourth-order valence-electron chi connectivity index (χ4n) is 0.867. The lowest BCUT2D eigenvalue weighted by Gasteiger charge is -2.04. The van der Waals surface area contributed by atoms with Crippen molar-refractivity contribution < 1.29 is 0 Å². The summed E-state index contributed by atoms with van der Waals surface area (Å²) in [5.74, 6) is 0. The van der Waals surface area contributed by atoms with E-state index >= 15 is 0 Å². The highest BCUT2D eigenvalue weighted by molar-refractivity contribution is 7.79. The number of aryl methyl sites for hydroxylation is 1. The topological polar surface area (TPSA) is 26.0 Å². The third kappa shape index (κ3) is 2.10. The zero-order valence-corrected chi connectivity index (χ0v) is 7.27. The van der Waals surface area contributed by atoms with Gasteiger partial charge in [0.1, 0.15) is 0 Å². The van der Waals surface area contributed by atoms with Crippen LogP contribution < -0.4 is 5.73 Å². The van der Waals surface area contributed by atoms with Crippen LogP contribution in [0.25, 0.3) is 0 Å². The fraction of sp³-hybridized carbons (Fsp3) is 0.222.